The average Bonchev–Trinajstić information content (AvgIpc) is 3.07. The van der Waals surface area contributed by atoms with Crippen LogP contribution < -0.4 is 10.4 Å². The largest absolute Gasteiger partial charge is 0.391 e. The third-order valence-electron chi connectivity index (χ3n) is 6.58. The number of rotatable bonds is 4. The fourth-order valence-electron chi connectivity index (χ4n) is 5.05. The van der Waals surface area contributed by atoms with Crippen LogP contribution >= 0.6 is 0 Å². The monoisotopic (exact) mass is 404 g/mol. The summed E-state index contributed by atoms with van der Waals surface area (Å²) >= 11 is 0. The number of aromatic nitrogens is 1. The third kappa shape index (κ3) is 3.81. The summed E-state index contributed by atoms with van der Waals surface area (Å²) < 4.78 is 0. The average molecular weight is 405 g/mol. The first-order chi connectivity index (χ1) is 14.5. The van der Waals surface area contributed by atoms with Gasteiger partial charge >= 0.3 is 0 Å². The molecular formula is C26H32N2O2. The Balaban J connectivity index is 1.79. The molecule has 4 rings (SSSR count). The Morgan fingerprint density at radius 3 is 2.70 bits per heavy atom. The summed E-state index contributed by atoms with van der Waals surface area (Å²) in [6, 6.07) is 6.18. The van der Waals surface area contributed by atoms with Gasteiger partial charge in [0, 0.05) is 24.0 Å². The number of carbonyl (C=O) groups is 1. The lowest BCUT2D eigenvalue weighted by molar-refractivity contribution is 0.0191. The van der Waals surface area contributed by atoms with Crippen LogP contribution in [0.4, 0.5) is 0 Å². The van der Waals surface area contributed by atoms with Crippen molar-refractivity contribution in [3.05, 3.63) is 62.8 Å². The Hall–Kier alpha value is -2.46. The van der Waals surface area contributed by atoms with E-state index in [2.05, 4.69) is 43.1 Å². The fraction of sp³-hybridized carbons (Fsp3) is 0.462. The maximum Gasteiger partial charge on any atom is 0.254 e. The molecule has 1 aliphatic carbocycles. The number of hydrogen-bond acceptors (Lipinski definition) is 3. The van der Waals surface area contributed by atoms with Crippen LogP contribution in [-0.4, -0.2) is 33.0 Å². The highest BCUT2D eigenvalue weighted by molar-refractivity contribution is 5.99. The molecule has 2 aromatic rings. The first-order valence-electron chi connectivity index (χ1n) is 11.2. The van der Waals surface area contributed by atoms with Gasteiger partial charge in [-0.05, 0) is 78.8 Å². The molecule has 1 saturated carbocycles. The number of hydrogen-bond donors (Lipinski definition) is 1. The molecule has 1 fully saturated rings. The predicted octanol–water partition coefficient (Wildman–Crippen LogP) is 3.23. The number of benzene rings is 1. The molecule has 30 heavy (non-hydrogen) atoms. The van der Waals surface area contributed by atoms with Gasteiger partial charge in [-0.25, -0.2) is 0 Å². The lowest BCUT2D eigenvalue weighted by Gasteiger charge is -2.35. The standard InChI is InChI=1S/C26H32N2O2/c1-4-8-21-20(5-2)19(13-18-12-11-17(3)27-15-18)14-22-23(21)16-28(26(22)30)24-9-6-7-10-25(24)29/h5,8,11-12,14-15,24-25,29H,4,6-7,9-10,13,16H2,1-3H3. The maximum absolute atomic E-state index is 13.4. The number of fused-ring (bicyclic) bond motifs is 1. The van der Waals surface area contributed by atoms with Crippen LogP contribution in [0.1, 0.15) is 78.7 Å². The molecule has 1 N–H and O–H groups in total. The fourth-order valence-corrected chi connectivity index (χ4v) is 5.05. The van der Waals surface area contributed by atoms with Gasteiger partial charge in [0.2, 0.25) is 0 Å². The Labute approximate surface area is 179 Å². The van der Waals surface area contributed by atoms with Crippen LogP contribution in [0.15, 0.2) is 24.4 Å². The molecule has 4 nitrogen and oxygen atoms in total. The molecule has 1 aliphatic heterocycles. The summed E-state index contributed by atoms with van der Waals surface area (Å²) in [6.07, 6.45) is 11.4. The molecule has 1 aromatic heterocycles. The quantitative estimate of drug-likeness (QED) is 0.851. The molecule has 4 heteroatoms. The van der Waals surface area contributed by atoms with E-state index in [0.717, 1.165) is 60.9 Å². The zero-order chi connectivity index (χ0) is 21.3. The van der Waals surface area contributed by atoms with E-state index in [4.69, 9.17) is 0 Å². The number of carbonyl (C=O) groups excluding carboxylic acids is 1. The summed E-state index contributed by atoms with van der Waals surface area (Å²) in [5, 5.41) is 13.0. The van der Waals surface area contributed by atoms with Crippen LogP contribution in [0.5, 0.6) is 0 Å². The molecule has 2 heterocycles. The van der Waals surface area contributed by atoms with Crippen molar-refractivity contribution in [3.8, 4) is 0 Å². The first-order valence-corrected chi connectivity index (χ1v) is 11.2. The van der Waals surface area contributed by atoms with Crippen LogP contribution in [-0.2, 0) is 13.0 Å². The zero-order valence-corrected chi connectivity index (χ0v) is 18.3. The second-order valence-electron chi connectivity index (χ2n) is 8.63. The number of amides is 1. The molecule has 0 bridgehead atoms. The Kier molecular flexibility index (Phi) is 6.05. The van der Waals surface area contributed by atoms with E-state index >= 15 is 0 Å². The minimum atomic E-state index is -0.411. The lowest BCUT2D eigenvalue weighted by atomic mass is 9.91. The van der Waals surface area contributed by atoms with E-state index in [1.807, 2.05) is 24.1 Å². The van der Waals surface area contributed by atoms with Gasteiger partial charge < -0.3 is 10.0 Å². The molecular weight excluding hydrogens is 372 g/mol. The first kappa shape index (κ1) is 20.8. The Bertz CT molecular complexity index is 1060. The highest BCUT2D eigenvalue weighted by atomic mass is 16.3. The summed E-state index contributed by atoms with van der Waals surface area (Å²) in [7, 11) is 0. The van der Waals surface area contributed by atoms with Gasteiger partial charge in [0.15, 0.2) is 0 Å². The zero-order valence-electron chi connectivity index (χ0n) is 18.3. The van der Waals surface area contributed by atoms with Gasteiger partial charge in [-0.15, -0.1) is 0 Å². The van der Waals surface area contributed by atoms with Gasteiger partial charge in [-0.1, -0.05) is 38.0 Å². The molecule has 0 radical (unpaired) electrons. The SMILES string of the molecule is CC=c1c(Cc2ccc(C)nc2)cc2c(c1=CCC)CN(C1CCCCC1O)C2=O. The Morgan fingerprint density at radius 2 is 2.03 bits per heavy atom. The van der Waals surface area contributed by atoms with Gasteiger partial charge in [0.1, 0.15) is 0 Å². The van der Waals surface area contributed by atoms with Crippen molar-refractivity contribution in [3.63, 3.8) is 0 Å². The molecule has 2 aliphatic rings. The smallest absolute Gasteiger partial charge is 0.254 e. The van der Waals surface area contributed by atoms with Crippen LogP contribution in [0.3, 0.4) is 0 Å². The molecule has 158 valence electrons. The second kappa shape index (κ2) is 8.73. The van der Waals surface area contributed by atoms with E-state index in [1.54, 1.807) is 0 Å². The summed E-state index contributed by atoms with van der Waals surface area (Å²) in [4.78, 5) is 19.8. The number of pyridine rings is 1. The van der Waals surface area contributed by atoms with Crippen molar-refractivity contribution >= 4 is 18.1 Å². The van der Waals surface area contributed by atoms with Crippen LogP contribution in [0.25, 0.3) is 12.2 Å². The van der Waals surface area contributed by atoms with Crippen molar-refractivity contribution < 1.29 is 9.90 Å². The normalized spacial score (nSPS) is 22.7. The minimum Gasteiger partial charge on any atom is -0.391 e. The number of nitrogens with zero attached hydrogens (tertiary/aromatic N) is 2. The molecule has 2 unspecified atom stereocenters. The predicted molar refractivity (Wildman–Crippen MR) is 121 cm³/mol. The van der Waals surface area contributed by atoms with Gasteiger partial charge in [0.25, 0.3) is 5.91 Å². The number of aliphatic hydroxyl groups is 1. The van der Waals surface area contributed by atoms with Gasteiger partial charge in [-0.2, -0.15) is 0 Å². The lowest BCUT2D eigenvalue weighted by Crippen LogP contribution is -2.45. The topological polar surface area (TPSA) is 53.4 Å². The van der Waals surface area contributed by atoms with Crippen molar-refractivity contribution in [2.24, 2.45) is 0 Å². The molecule has 0 spiro atoms. The van der Waals surface area contributed by atoms with E-state index in [-0.39, 0.29) is 11.9 Å². The van der Waals surface area contributed by atoms with Crippen molar-refractivity contribution in [1.29, 1.82) is 0 Å². The van der Waals surface area contributed by atoms with E-state index in [1.165, 1.54) is 16.0 Å². The molecule has 0 saturated heterocycles. The highest BCUT2D eigenvalue weighted by Gasteiger charge is 2.38. The van der Waals surface area contributed by atoms with Crippen LogP contribution in [0.2, 0.25) is 0 Å². The van der Waals surface area contributed by atoms with Crippen LogP contribution in [0, 0.1) is 6.92 Å². The summed E-state index contributed by atoms with van der Waals surface area (Å²) in [5.74, 6) is 0.0765. The van der Waals surface area contributed by atoms with Gasteiger partial charge in [-0.3, -0.25) is 9.78 Å². The second-order valence-corrected chi connectivity index (χ2v) is 8.63. The van der Waals surface area contributed by atoms with Crippen molar-refractivity contribution in [2.75, 3.05) is 0 Å². The number of aryl methyl sites for hydroxylation is 1. The summed E-state index contributed by atoms with van der Waals surface area (Å²) in [5.41, 5.74) is 5.26. The highest BCUT2D eigenvalue weighted by Crippen LogP contribution is 2.30. The van der Waals surface area contributed by atoms with Gasteiger partial charge in [0.05, 0.1) is 12.1 Å². The van der Waals surface area contributed by atoms with E-state index < -0.39 is 6.10 Å². The third-order valence-corrected chi connectivity index (χ3v) is 6.58. The van der Waals surface area contributed by atoms with Crippen molar-refractivity contribution in [1.82, 2.24) is 9.88 Å². The summed E-state index contributed by atoms with van der Waals surface area (Å²) in [6.45, 7) is 6.81. The maximum atomic E-state index is 13.4. The van der Waals surface area contributed by atoms with E-state index in [0.29, 0.717) is 6.54 Å². The molecule has 2 atom stereocenters. The molecule has 1 aromatic carbocycles. The van der Waals surface area contributed by atoms with Crippen molar-refractivity contribution in [2.45, 2.75) is 78.0 Å². The molecule has 1 amide bonds. The van der Waals surface area contributed by atoms with E-state index in [9.17, 15) is 9.90 Å². The Morgan fingerprint density at radius 1 is 1.23 bits per heavy atom. The number of aliphatic hydroxyl groups excluding tert-OH is 1. The minimum absolute atomic E-state index is 0.0630.